The fourth-order valence-corrected chi connectivity index (χ4v) is 3.51. The van der Waals surface area contributed by atoms with E-state index in [9.17, 15) is 0 Å². The largest absolute Gasteiger partial charge is 0.227 e. The first-order chi connectivity index (χ1) is 12.8. The van der Waals surface area contributed by atoms with E-state index in [2.05, 4.69) is 25.8 Å². The Morgan fingerprint density at radius 3 is 1.19 bits per heavy atom. The van der Waals surface area contributed by atoms with Gasteiger partial charge in [0.15, 0.2) is 0 Å². The molecule has 157 valence electrons. The molecule has 0 aromatic carbocycles. The molecular formula is C24H51N2. The minimum Gasteiger partial charge on any atom is -0.227 e. The number of nitrogens with zero attached hydrogens (tertiary/aromatic N) is 2. The minimum absolute atomic E-state index is 1.05. The average Bonchev–Trinajstić information content (AvgIpc) is 2.65. The third kappa shape index (κ3) is 20.2. The second-order valence-corrected chi connectivity index (χ2v) is 8.12. The second kappa shape index (κ2) is 23.0. The summed E-state index contributed by atoms with van der Waals surface area (Å²) >= 11 is 0. The summed E-state index contributed by atoms with van der Waals surface area (Å²) in [5.74, 6) is 0. The van der Waals surface area contributed by atoms with Gasteiger partial charge in [-0.3, -0.25) is 0 Å². The van der Waals surface area contributed by atoms with E-state index in [1.54, 1.807) is 0 Å². The Kier molecular flexibility index (Phi) is 22.9. The van der Waals surface area contributed by atoms with Gasteiger partial charge in [-0.15, -0.1) is 0 Å². The summed E-state index contributed by atoms with van der Waals surface area (Å²) in [6, 6.07) is 0. The van der Waals surface area contributed by atoms with Crippen LogP contribution in [0.1, 0.15) is 136 Å². The first kappa shape index (κ1) is 25.9. The van der Waals surface area contributed by atoms with Gasteiger partial charge in [-0.2, -0.15) is 5.43 Å². The van der Waals surface area contributed by atoms with Gasteiger partial charge in [-0.1, -0.05) is 117 Å². The summed E-state index contributed by atoms with van der Waals surface area (Å²) in [6.45, 7) is 10.3. The highest BCUT2D eigenvalue weighted by Gasteiger charge is 2.05. The molecule has 0 unspecified atom stereocenters. The smallest absolute Gasteiger partial charge is 0.0306 e. The lowest BCUT2D eigenvalue weighted by Crippen LogP contribution is -2.34. The third-order valence-electron chi connectivity index (χ3n) is 5.35. The SMILES string of the molecule is CCCCCCCC[N]N(CCCCCCCC)CCCCCCCC. The lowest BCUT2D eigenvalue weighted by molar-refractivity contribution is 0.170. The van der Waals surface area contributed by atoms with Gasteiger partial charge in [0.05, 0.1) is 0 Å². The van der Waals surface area contributed by atoms with Crippen molar-refractivity contribution in [1.29, 1.82) is 0 Å². The van der Waals surface area contributed by atoms with Crippen LogP contribution in [0, 0.1) is 0 Å². The fourth-order valence-electron chi connectivity index (χ4n) is 3.51. The van der Waals surface area contributed by atoms with Crippen molar-refractivity contribution in [3.63, 3.8) is 0 Å². The molecule has 0 aliphatic rings. The van der Waals surface area contributed by atoms with Crippen LogP contribution in [-0.2, 0) is 0 Å². The molecule has 0 spiro atoms. The van der Waals surface area contributed by atoms with Crippen molar-refractivity contribution in [2.24, 2.45) is 0 Å². The Labute approximate surface area is 166 Å². The molecule has 26 heavy (non-hydrogen) atoms. The van der Waals surface area contributed by atoms with E-state index >= 15 is 0 Å². The van der Waals surface area contributed by atoms with E-state index in [-0.39, 0.29) is 0 Å². The van der Waals surface area contributed by atoms with Crippen molar-refractivity contribution >= 4 is 0 Å². The van der Waals surface area contributed by atoms with Crippen LogP contribution in [0.2, 0.25) is 0 Å². The van der Waals surface area contributed by atoms with Crippen LogP contribution in [0.5, 0.6) is 0 Å². The highest BCUT2D eigenvalue weighted by molar-refractivity contribution is 4.56. The Bertz CT molecular complexity index is 226. The van der Waals surface area contributed by atoms with Crippen molar-refractivity contribution in [2.45, 2.75) is 136 Å². The van der Waals surface area contributed by atoms with Crippen LogP contribution in [-0.4, -0.2) is 24.6 Å². The van der Waals surface area contributed by atoms with E-state index < -0.39 is 0 Å². The van der Waals surface area contributed by atoms with Crippen LogP contribution >= 0.6 is 0 Å². The average molecular weight is 368 g/mol. The Morgan fingerprint density at radius 2 is 0.769 bits per heavy atom. The molecule has 0 rings (SSSR count). The molecule has 0 aliphatic carbocycles. The van der Waals surface area contributed by atoms with E-state index in [1.165, 1.54) is 129 Å². The summed E-state index contributed by atoms with van der Waals surface area (Å²) < 4.78 is 0. The standard InChI is InChI=1S/C24H51N2/c1-4-7-10-13-16-19-22-25-26(23-20-17-14-11-8-5-2)24-21-18-15-12-9-6-3/h4-24H2,1-3H3. The zero-order valence-electron chi connectivity index (χ0n) is 18.7. The predicted octanol–water partition coefficient (Wildman–Crippen LogP) is 7.89. The molecule has 0 saturated heterocycles. The molecule has 0 heterocycles. The third-order valence-corrected chi connectivity index (χ3v) is 5.35. The number of hydrogen-bond donors (Lipinski definition) is 0. The monoisotopic (exact) mass is 367 g/mol. The summed E-state index contributed by atoms with van der Waals surface area (Å²) in [6.07, 6.45) is 24.8. The van der Waals surface area contributed by atoms with Crippen LogP contribution in [0.15, 0.2) is 0 Å². The van der Waals surface area contributed by atoms with Gasteiger partial charge in [0, 0.05) is 19.6 Å². The second-order valence-electron chi connectivity index (χ2n) is 8.12. The maximum absolute atomic E-state index is 4.94. The fraction of sp³-hybridized carbons (Fsp3) is 1.00. The molecule has 0 aliphatic heterocycles. The van der Waals surface area contributed by atoms with E-state index in [4.69, 9.17) is 5.43 Å². The Balaban J connectivity index is 3.77. The van der Waals surface area contributed by atoms with Gasteiger partial charge >= 0.3 is 0 Å². The zero-order valence-corrected chi connectivity index (χ0v) is 18.7. The molecule has 0 bridgehead atoms. The van der Waals surface area contributed by atoms with Crippen LogP contribution in [0.25, 0.3) is 0 Å². The lowest BCUT2D eigenvalue weighted by atomic mass is 10.1. The van der Waals surface area contributed by atoms with Gasteiger partial charge in [0.25, 0.3) is 0 Å². The van der Waals surface area contributed by atoms with E-state index in [1.807, 2.05) is 0 Å². The van der Waals surface area contributed by atoms with E-state index in [0.717, 1.165) is 6.54 Å². The maximum atomic E-state index is 4.94. The molecule has 1 radical (unpaired) electrons. The Morgan fingerprint density at radius 1 is 0.423 bits per heavy atom. The molecule has 0 fully saturated rings. The van der Waals surface area contributed by atoms with E-state index in [0.29, 0.717) is 0 Å². The molecule has 0 aromatic heterocycles. The summed E-state index contributed by atoms with van der Waals surface area (Å²) in [5.41, 5.74) is 4.94. The number of unbranched alkanes of at least 4 members (excludes halogenated alkanes) is 15. The topological polar surface area (TPSA) is 17.3 Å². The van der Waals surface area contributed by atoms with Gasteiger partial charge in [-0.05, 0) is 19.3 Å². The summed E-state index contributed by atoms with van der Waals surface area (Å²) in [4.78, 5) is 0. The van der Waals surface area contributed by atoms with Crippen molar-refractivity contribution in [3.8, 4) is 0 Å². The van der Waals surface area contributed by atoms with Crippen LogP contribution < -0.4 is 5.43 Å². The van der Waals surface area contributed by atoms with Crippen LogP contribution in [0.3, 0.4) is 0 Å². The maximum Gasteiger partial charge on any atom is 0.0306 e. The highest BCUT2D eigenvalue weighted by atomic mass is 15.5. The van der Waals surface area contributed by atoms with Crippen LogP contribution in [0.4, 0.5) is 0 Å². The highest BCUT2D eigenvalue weighted by Crippen LogP contribution is 2.09. The van der Waals surface area contributed by atoms with Gasteiger partial charge in [0.2, 0.25) is 0 Å². The number of rotatable bonds is 22. The van der Waals surface area contributed by atoms with Gasteiger partial charge < -0.3 is 0 Å². The normalized spacial score (nSPS) is 11.5. The number of hydrogen-bond acceptors (Lipinski definition) is 1. The first-order valence-electron chi connectivity index (χ1n) is 12.3. The molecule has 2 nitrogen and oxygen atoms in total. The summed E-state index contributed by atoms with van der Waals surface area (Å²) in [7, 11) is 0. The first-order valence-corrected chi connectivity index (χ1v) is 12.3. The zero-order chi connectivity index (χ0) is 19.1. The molecule has 0 N–H and O–H groups in total. The van der Waals surface area contributed by atoms with Crippen molar-refractivity contribution in [2.75, 3.05) is 19.6 Å². The van der Waals surface area contributed by atoms with Crippen molar-refractivity contribution < 1.29 is 0 Å². The van der Waals surface area contributed by atoms with Gasteiger partial charge in [0.1, 0.15) is 0 Å². The molecular weight excluding hydrogens is 316 g/mol. The van der Waals surface area contributed by atoms with Crippen molar-refractivity contribution in [1.82, 2.24) is 10.4 Å². The molecule has 0 amide bonds. The van der Waals surface area contributed by atoms with Crippen molar-refractivity contribution in [3.05, 3.63) is 0 Å². The lowest BCUT2D eigenvalue weighted by Gasteiger charge is -2.21. The quantitative estimate of drug-likeness (QED) is 0.140. The predicted molar refractivity (Wildman–Crippen MR) is 119 cm³/mol. The minimum atomic E-state index is 1.05. The summed E-state index contributed by atoms with van der Waals surface area (Å²) in [5, 5.41) is 2.42. The van der Waals surface area contributed by atoms with Gasteiger partial charge in [-0.25, -0.2) is 5.01 Å². The molecule has 0 saturated carbocycles. The molecule has 0 atom stereocenters. The molecule has 2 heteroatoms. The molecule has 0 aromatic rings. The Hall–Kier alpha value is -0.0800.